The molecule has 0 bridgehead atoms. The predicted molar refractivity (Wildman–Crippen MR) is 138 cm³/mol. The Morgan fingerprint density at radius 1 is 1.03 bits per heavy atom. The molecule has 0 radical (unpaired) electrons. The van der Waals surface area contributed by atoms with Gasteiger partial charge in [-0.25, -0.2) is 15.0 Å². The summed E-state index contributed by atoms with van der Waals surface area (Å²) >= 11 is 0. The number of pyridine rings is 1. The van der Waals surface area contributed by atoms with Crippen LogP contribution in [-0.2, 0) is 12.7 Å². The maximum Gasteiger partial charge on any atom is 0.416 e. The standard InChI is InChI=1S/C27H21F3N8/c1-17(19-6-3-2-4-7-19)34-26-32-13-12-22(35-26)25-24(20-8-5-9-21(14-20)27(28,29)30)36-23-11-10-18(15-33-37-31)16-38(23)25/h2-14,16-17H,15H2,1H3,(H,32,34,35)/t17-/m0/s1. The molecule has 2 aromatic carbocycles. The molecular formula is C27H21F3N8. The average Bonchev–Trinajstić information content (AvgIpc) is 3.31. The SMILES string of the molecule is C[C@H](Nc1nccc(-c2c(-c3cccc(C(F)(F)F)c3)nc3ccc(CN=[N+]=[N-])cn23)n1)c1ccccc1. The van der Waals surface area contributed by atoms with Gasteiger partial charge in [-0.05, 0) is 47.8 Å². The number of anilines is 1. The number of alkyl halides is 3. The molecule has 3 heterocycles. The van der Waals surface area contributed by atoms with Crippen molar-refractivity contribution in [1.29, 1.82) is 0 Å². The van der Waals surface area contributed by atoms with Crippen molar-refractivity contribution in [1.82, 2.24) is 19.4 Å². The van der Waals surface area contributed by atoms with E-state index in [0.29, 0.717) is 39.8 Å². The number of rotatable bonds is 7. The van der Waals surface area contributed by atoms with Gasteiger partial charge in [0, 0.05) is 22.9 Å². The van der Waals surface area contributed by atoms with Crippen molar-refractivity contribution in [3.8, 4) is 22.6 Å². The summed E-state index contributed by atoms with van der Waals surface area (Å²) in [5, 5.41) is 6.90. The minimum atomic E-state index is -4.50. The number of aromatic nitrogens is 4. The van der Waals surface area contributed by atoms with Crippen LogP contribution in [-0.4, -0.2) is 19.4 Å². The van der Waals surface area contributed by atoms with E-state index in [9.17, 15) is 13.2 Å². The second-order valence-corrected chi connectivity index (χ2v) is 8.58. The zero-order valence-corrected chi connectivity index (χ0v) is 20.1. The van der Waals surface area contributed by atoms with E-state index in [1.54, 1.807) is 41.1 Å². The molecule has 5 rings (SSSR count). The zero-order chi connectivity index (χ0) is 26.7. The highest BCUT2D eigenvalue weighted by molar-refractivity contribution is 5.81. The second kappa shape index (κ2) is 10.2. The van der Waals surface area contributed by atoms with Crippen LogP contribution in [0.15, 0.2) is 90.3 Å². The van der Waals surface area contributed by atoms with Crippen molar-refractivity contribution in [3.63, 3.8) is 0 Å². The van der Waals surface area contributed by atoms with Gasteiger partial charge in [0.2, 0.25) is 5.95 Å². The lowest BCUT2D eigenvalue weighted by molar-refractivity contribution is -0.137. The second-order valence-electron chi connectivity index (χ2n) is 8.58. The Bertz CT molecular complexity index is 1640. The van der Waals surface area contributed by atoms with Crippen molar-refractivity contribution >= 4 is 11.6 Å². The first-order chi connectivity index (χ1) is 18.3. The maximum atomic E-state index is 13.5. The number of nitrogens with one attached hydrogen (secondary N) is 1. The summed E-state index contributed by atoms with van der Waals surface area (Å²) in [6.45, 7) is 2.09. The predicted octanol–water partition coefficient (Wildman–Crippen LogP) is 7.46. The number of azide groups is 1. The molecule has 0 aliphatic heterocycles. The highest BCUT2D eigenvalue weighted by Crippen LogP contribution is 2.36. The number of hydrogen-bond donors (Lipinski definition) is 1. The van der Waals surface area contributed by atoms with Crippen LogP contribution in [0, 0.1) is 0 Å². The van der Waals surface area contributed by atoms with E-state index in [2.05, 4.69) is 25.3 Å². The Balaban J connectivity index is 1.65. The third-order valence-electron chi connectivity index (χ3n) is 6.00. The van der Waals surface area contributed by atoms with Gasteiger partial charge in [0.15, 0.2) is 0 Å². The van der Waals surface area contributed by atoms with Crippen LogP contribution in [0.4, 0.5) is 19.1 Å². The number of benzene rings is 2. The Hall–Kier alpha value is -4.89. The average molecular weight is 515 g/mol. The summed E-state index contributed by atoms with van der Waals surface area (Å²) < 4.78 is 42.2. The highest BCUT2D eigenvalue weighted by atomic mass is 19.4. The number of halogens is 3. The first-order valence-corrected chi connectivity index (χ1v) is 11.7. The smallest absolute Gasteiger partial charge is 0.348 e. The molecule has 11 heteroatoms. The maximum absolute atomic E-state index is 13.5. The van der Waals surface area contributed by atoms with Crippen LogP contribution in [0.3, 0.4) is 0 Å². The van der Waals surface area contributed by atoms with E-state index < -0.39 is 11.7 Å². The van der Waals surface area contributed by atoms with Crippen molar-refractivity contribution in [3.05, 3.63) is 112 Å². The molecule has 0 aliphatic rings. The summed E-state index contributed by atoms with van der Waals surface area (Å²) in [6.07, 6.45) is -1.18. The van der Waals surface area contributed by atoms with Gasteiger partial charge in [0.05, 0.1) is 35.2 Å². The van der Waals surface area contributed by atoms with Crippen LogP contribution < -0.4 is 5.32 Å². The van der Waals surface area contributed by atoms with Crippen LogP contribution in [0.5, 0.6) is 0 Å². The van der Waals surface area contributed by atoms with Crippen molar-refractivity contribution in [2.45, 2.75) is 25.7 Å². The number of hydrogen-bond acceptors (Lipinski definition) is 5. The third-order valence-corrected chi connectivity index (χ3v) is 6.00. The lowest BCUT2D eigenvalue weighted by Gasteiger charge is -2.15. The normalized spacial score (nSPS) is 12.2. The van der Waals surface area contributed by atoms with Crippen LogP contribution >= 0.6 is 0 Å². The molecule has 0 amide bonds. The Morgan fingerprint density at radius 3 is 2.61 bits per heavy atom. The van der Waals surface area contributed by atoms with Gasteiger partial charge in [0.25, 0.3) is 0 Å². The number of fused-ring (bicyclic) bond motifs is 1. The van der Waals surface area contributed by atoms with Crippen LogP contribution in [0.25, 0.3) is 38.7 Å². The van der Waals surface area contributed by atoms with Crippen molar-refractivity contribution in [2.75, 3.05) is 5.32 Å². The van der Waals surface area contributed by atoms with E-state index in [-0.39, 0.29) is 12.6 Å². The molecular weight excluding hydrogens is 493 g/mol. The molecule has 190 valence electrons. The Kier molecular flexibility index (Phi) is 6.68. The van der Waals surface area contributed by atoms with Gasteiger partial charge >= 0.3 is 6.18 Å². The topological polar surface area (TPSA) is 104 Å². The molecule has 5 aromatic rings. The molecule has 0 spiro atoms. The Labute approximate surface area is 215 Å². The molecule has 8 nitrogen and oxygen atoms in total. The fourth-order valence-electron chi connectivity index (χ4n) is 4.16. The van der Waals surface area contributed by atoms with Gasteiger partial charge in [-0.3, -0.25) is 4.40 Å². The summed E-state index contributed by atoms with van der Waals surface area (Å²) in [5.74, 6) is 0.356. The summed E-state index contributed by atoms with van der Waals surface area (Å²) in [6, 6.07) is 19.9. The lowest BCUT2D eigenvalue weighted by Crippen LogP contribution is -2.09. The summed E-state index contributed by atoms with van der Waals surface area (Å²) in [5.41, 5.74) is 11.8. The fourth-order valence-corrected chi connectivity index (χ4v) is 4.16. The molecule has 0 aliphatic carbocycles. The first kappa shape index (κ1) is 24.8. The van der Waals surface area contributed by atoms with Gasteiger partial charge in [-0.1, -0.05) is 53.6 Å². The molecule has 0 unspecified atom stereocenters. The van der Waals surface area contributed by atoms with Crippen molar-refractivity contribution in [2.24, 2.45) is 5.11 Å². The highest BCUT2D eigenvalue weighted by Gasteiger charge is 2.31. The molecule has 1 N–H and O–H groups in total. The van der Waals surface area contributed by atoms with E-state index in [1.165, 1.54) is 6.07 Å². The van der Waals surface area contributed by atoms with Crippen LogP contribution in [0.2, 0.25) is 0 Å². The lowest BCUT2D eigenvalue weighted by atomic mass is 10.0. The zero-order valence-electron chi connectivity index (χ0n) is 20.1. The van der Waals surface area contributed by atoms with Crippen LogP contribution in [0.1, 0.15) is 29.7 Å². The molecule has 0 saturated heterocycles. The molecule has 0 saturated carbocycles. The summed E-state index contributed by atoms with van der Waals surface area (Å²) in [4.78, 5) is 16.5. The minimum absolute atomic E-state index is 0.0907. The van der Waals surface area contributed by atoms with Gasteiger partial charge in [-0.2, -0.15) is 13.2 Å². The Morgan fingerprint density at radius 2 is 1.84 bits per heavy atom. The van der Waals surface area contributed by atoms with E-state index >= 15 is 0 Å². The van der Waals surface area contributed by atoms with E-state index in [1.807, 2.05) is 37.3 Å². The monoisotopic (exact) mass is 514 g/mol. The largest absolute Gasteiger partial charge is 0.416 e. The number of nitrogens with zero attached hydrogens (tertiary/aromatic N) is 7. The van der Waals surface area contributed by atoms with Gasteiger partial charge in [-0.15, -0.1) is 0 Å². The minimum Gasteiger partial charge on any atom is -0.348 e. The molecule has 3 aromatic heterocycles. The third kappa shape index (κ3) is 5.14. The fraction of sp³-hybridized carbons (Fsp3) is 0.148. The molecule has 1 atom stereocenters. The molecule has 0 fully saturated rings. The molecule has 38 heavy (non-hydrogen) atoms. The first-order valence-electron chi connectivity index (χ1n) is 11.7. The van der Waals surface area contributed by atoms with E-state index in [4.69, 9.17) is 10.5 Å². The quantitative estimate of drug-likeness (QED) is 0.138. The van der Waals surface area contributed by atoms with Crippen molar-refractivity contribution < 1.29 is 13.2 Å². The van der Waals surface area contributed by atoms with Gasteiger partial charge in [0.1, 0.15) is 5.65 Å². The van der Waals surface area contributed by atoms with Gasteiger partial charge < -0.3 is 5.32 Å². The van der Waals surface area contributed by atoms with E-state index in [0.717, 1.165) is 17.7 Å². The number of imidazole rings is 1. The summed E-state index contributed by atoms with van der Waals surface area (Å²) in [7, 11) is 0.